The maximum absolute atomic E-state index is 12.5. The largest absolute Gasteiger partial charge is 0.392 e. The zero-order valence-corrected chi connectivity index (χ0v) is 13.5. The molecule has 2 aliphatic rings. The average molecular weight is 316 g/mol. The van der Waals surface area contributed by atoms with E-state index in [2.05, 4.69) is 5.32 Å². The number of hydrogen-bond donors (Lipinski definition) is 2. The smallest absolute Gasteiger partial charge is 0.229 e. The minimum Gasteiger partial charge on any atom is -0.392 e. The Morgan fingerprint density at radius 1 is 1.35 bits per heavy atom. The second-order valence-corrected chi connectivity index (χ2v) is 6.68. The predicted molar refractivity (Wildman–Crippen MR) is 87.8 cm³/mol. The molecule has 1 saturated heterocycles. The number of anilines is 1. The van der Waals surface area contributed by atoms with Gasteiger partial charge in [0, 0.05) is 24.7 Å². The number of nitrogens with zero attached hydrogens (tertiary/aromatic N) is 1. The van der Waals surface area contributed by atoms with Crippen LogP contribution in [0.3, 0.4) is 0 Å². The summed E-state index contributed by atoms with van der Waals surface area (Å²) in [5.41, 5.74) is 2.43. The van der Waals surface area contributed by atoms with Crippen LogP contribution in [-0.2, 0) is 16.2 Å². The molecule has 5 heteroatoms. The van der Waals surface area contributed by atoms with Crippen LogP contribution in [-0.4, -0.2) is 34.4 Å². The van der Waals surface area contributed by atoms with E-state index in [0.717, 1.165) is 24.0 Å². The Balaban J connectivity index is 1.66. The minimum atomic E-state index is -0.278. The standard InChI is InChI=1S/C18H24N2O3/c1-12-6-7-13(11-21)8-16(12)19-18(23)14-9-17(22)20(10-14)15-4-2-3-5-15/h6-8,14-15,21H,2-5,9-11H2,1H3,(H,19,23). The number of benzene rings is 1. The fourth-order valence-electron chi connectivity index (χ4n) is 3.61. The first-order valence-corrected chi connectivity index (χ1v) is 8.39. The number of aryl methyl sites for hydroxylation is 1. The lowest BCUT2D eigenvalue weighted by Gasteiger charge is -2.24. The van der Waals surface area contributed by atoms with Gasteiger partial charge in [0.05, 0.1) is 12.5 Å². The predicted octanol–water partition coefficient (Wildman–Crippen LogP) is 2.22. The zero-order chi connectivity index (χ0) is 16.4. The van der Waals surface area contributed by atoms with E-state index in [9.17, 15) is 14.7 Å². The number of aliphatic hydroxyl groups is 1. The third kappa shape index (κ3) is 3.39. The van der Waals surface area contributed by atoms with Gasteiger partial charge in [0.1, 0.15) is 0 Å². The first-order valence-electron chi connectivity index (χ1n) is 8.39. The number of rotatable bonds is 4. The van der Waals surface area contributed by atoms with Crippen molar-refractivity contribution in [1.82, 2.24) is 4.90 Å². The Bertz CT molecular complexity index is 608. The van der Waals surface area contributed by atoms with E-state index >= 15 is 0 Å². The van der Waals surface area contributed by atoms with Gasteiger partial charge in [-0.3, -0.25) is 9.59 Å². The van der Waals surface area contributed by atoms with Gasteiger partial charge in [-0.1, -0.05) is 25.0 Å². The molecule has 2 N–H and O–H groups in total. The highest BCUT2D eigenvalue weighted by Crippen LogP contribution is 2.30. The summed E-state index contributed by atoms with van der Waals surface area (Å²) in [6.45, 7) is 2.40. The van der Waals surface area contributed by atoms with Crippen molar-refractivity contribution in [3.05, 3.63) is 29.3 Å². The van der Waals surface area contributed by atoms with E-state index in [4.69, 9.17) is 0 Å². The molecule has 2 amide bonds. The van der Waals surface area contributed by atoms with Crippen LogP contribution in [0.1, 0.15) is 43.2 Å². The Morgan fingerprint density at radius 2 is 2.09 bits per heavy atom. The van der Waals surface area contributed by atoms with Gasteiger partial charge < -0.3 is 15.3 Å². The zero-order valence-electron chi connectivity index (χ0n) is 13.5. The van der Waals surface area contributed by atoms with Crippen molar-refractivity contribution < 1.29 is 14.7 Å². The van der Waals surface area contributed by atoms with Crippen LogP contribution in [0.15, 0.2) is 18.2 Å². The summed E-state index contributed by atoms with van der Waals surface area (Å²) in [6.07, 6.45) is 4.80. The SMILES string of the molecule is Cc1ccc(CO)cc1NC(=O)C1CC(=O)N(C2CCCC2)C1. The summed E-state index contributed by atoms with van der Waals surface area (Å²) in [5, 5.41) is 12.2. The van der Waals surface area contributed by atoms with Gasteiger partial charge in [-0.25, -0.2) is 0 Å². The highest BCUT2D eigenvalue weighted by Gasteiger charge is 2.38. The molecule has 1 aromatic carbocycles. The van der Waals surface area contributed by atoms with Crippen molar-refractivity contribution in [2.24, 2.45) is 5.92 Å². The second-order valence-electron chi connectivity index (χ2n) is 6.68. The van der Waals surface area contributed by atoms with E-state index in [1.165, 1.54) is 12.8 Å². The number of carbonyl (C=O) groups excluding carboxylic acids is 2. The molecule has 2 fully saturated rings. The molecule has 5 nitrogen and oxygen atoms in total. The van der Waals surface area contributed by atoms with Crippen LogP contribution in [0.5, 0.6) is 0 Å². The monoisotopic (exact) mass is 316 g/mol. The molecule has 1 saturated carbocycles. The van der Waals surface area contributed by atoms with Crippen LogP contribution in [0.25, 0.3) is 0 Å². The summed E-state index contributed by atoms with van der Waals surface area (Å²) < 4.78 is 0. The summed E-state index contributed by atoms with van der Waals surface area (Å²) in [5.74, 6) is -0.268. The molecule has 1 atom stereocenters. The normalized spacial score (nSPS) is 21.9. The minimum absolute atomic E-state index is 0.0550. The summed E-state index contributed by atoms with van der Waals surface area (Å²) in [6, 6.07) is 5.84. The molecule has 0 radical (unpaired) electrons. The molecular formula is C18H24N2O3. The molecule has 1 aliphatic heterocycles. The van der Waals surface area contributed by atoms with Gasteiger partial charge in [0.2, 0.25) is 11.8 Å². The van der Waals surface area contributed by atoms with Crippen LogP contribution in [0, 0.1) is 12.8 Å². The van der Waals surface area contributed by atoms with E-state index in [1.54, 1.807) is 6.07 Å². The van der Waals surface area contributed by atoms with Crippen molar-refractivity contribution in [2.75, 3.05) is 11.9 Å². The second kappa shape index (κ2) is 6.71. The summed E-state index contributed by atoms with van der Waals surface area (Å²) >= 11 is 0. The highest BCUT2D eigenvalue weighted by atomic mass is 16.3. The fraction of sp³-hybridized carbons (Fsp3) is 0.556. The lowest BCUT2D eigenvalue weighted by molar-refractivity contribution is -0.129. The van der Waals surface area contributed by atoms with Crippen molar-refractivity contribution in [2.45, 2.75) is 51.7 Å². The summed E-state index contributed by atoms with van der Waals surface area (Å²) in [4.78, 5) is 26.6. The summed E-state index contributed by atoms with van der Waals surface area (Å²) in [7, 11) is 0. The van der Waals surface area contributed by atoms with Crippen LogP contribution in [0.2, 0.25) is 0 Å². The average Bonchev–Trinajstić information content (AvgIpc) is 3.18. The van der Waals surface area contributed by atoms with E-state index < -0.39 is 0 Å². The van der Waals surface area contributed by atoms with Crippen molar-refractivity contribution >= 4 is 17.5 Å². The van der Waals surface area contributed by atoms with Crippen LogP contribution in [0.4, 0.5) is 5.69 Å². The molecule has 3 rings (SSSR count). The third-order valence-corrected chi connectivity index (χ3v) is 5.04. The van der Waals surface area contributed by atoms with Gasteiger partial charge in [-0.05, 0) is 37.0 Å². The Kier molecular flexibility index (Phi) is 4.66. The highest BCUT2D eigenvalue weighted by molar-refractivity contribution is 5.97. The first-order chi connectivity index (χ1) is 11.1. The van der Waals surface area contributed by atoms with E-state index in [0.29, 0.717) is 24.7 Å². The molecule has 0 spiro atoms. The van der Waals surface area contributed by atoms with Gasteiger partial charge in [0.15, 0.2) is 0 Å². The maximum atomic E-state index is 12.5. The number of carbonyl (C=O) groups is 2. The van der Waals surface area contributed by atoms with E-state index in [-0.39, 0.29) is 24.3 Å². The van der Waals surface area contributed by atoms with Crippen LogP contribution >= 0.6 is 0 Å². The molecule has 23 heavy (non-hydrogen) atoms. The number of likely N-dealkylation sites (tertiary alicyclic amines) is 1. The van der Waals surface area contributed by atoms with E-state index in [1.807, 2.05) is 24.0 Å². The van der Waals surface area contributed by atoms with Crippen molar-refractivity contribution in [3.63, 3.8) is 0 Å². The molecule has 1 aromatic rings. The Morgan fingerprint density at radius 3 is 2.78 bits per heavy atom. The topological polar surface area (TPSA) is 69.6 Å². The quantitative estimate of drug-likeness (QED) is 0.895. The van der Waals surface area contributed by atoms with Gasteiger partial charge in [0.25, 0.3) is 0 Å². The Labute approximate surface area is 136 Å². The molecule has 0 bridgehead atoms. The number of aliphatic hydroxyl groups excluding tert-OH is 1. The molecular weight excluding hydrogens is 292 g/mol. The number of amides is 2. The number of nitrogens with one attached hydrogen (secondary N) is 1. The number of hydrogen-bond acceptors (Lipinski definition) is 3. The van der Waals surface area contributed by atoms with Gasteiger partial charge in [-0.2, -0.15) is 0 Å². The van der Waals surface area contributed by atoms with Crippen molar-refractivity contribution in [1.29, 1.82) is 0 Å². The molecule has 1 unspecified atom stereocenters. The Hall–Kier alpha value is -1.88. The lowest BCUT2D eigenvalue weighted by Crippen LogP contribution is -2.35. The first kappa shape index (κ1) is 16.0. The lowest BCUT2D eigenvalue weighted by atomic mass is 10.1. The van der Waals surface area contributed by atoms with Crippen molar-refractivity contribution in [3.8, 4) is 0 Å². The molecule has 1 heterocycles. The molecule has 1 aliphatic carbocycles. The van der Waals surface area contributed by atoms with Gasteiger partial charge in [-0.15, -0.1) is 0 Å². The maximum Gasteiger partial charge on any atom is 0.229 e. The third-order valence-electron chi connectivity index (χ3n) is 5.04. The molecule has 124 valence electrons. The fourth-order valence-corrected chi connectivity index (χ4v) is 3.61. The van der Waals surface area contributed by atoms with Crippen LogP contribution < -0.4 is 5.32 Å². The molecule has 0 aromatic heterocycles. The van der Waals surface area contributed by atoms with Gasteiger partial charge >= 0.3 is 0 Å².